The lowest BCUT2D eigenvalue weighted by molar-refractivity contribution is 0.0922. The van der Waals surface area contributed by atoms with E-state index < -0.39 is 0 Å². The van der Waals surface area contributed by atoms with E-state index in [2.05, 4.69) is 21.2 Å². The molecule has 2 aromatic rings. The zero-order valence-electron chi connectivity index (χ0n) is 12.0. The number of rotatable bonds is 3. The fourth-order valence-corrected chi connectivity index (χ4v) is 3.04. The Hall–Kier alpha value is -1.88. The predicted molar refractivity (Wildman–Crippen MR) is 85.5 cm³/mol. The van der Waals surface area contributed by atoms with E-state index in [0.29, 0.717) is 34.4 Å². The summed E-state index contributed by atoms with van der Waals surface area (Å²) in [5.74, 6) is -0.275. The maximum Gasteiger partial charge on any atom is 0.255 e. The van der Waals surface area contributed by atoms with Gasteiger partial charge in [0.05, 0.1) is 10.0 Å². The first-order valence-corrected chi connectivity index (χ1v) is 7.84. The van der Waals surface area contributed by atoms with Crippen LogP contribution < -0.4 is 10.1 Å². The van der Waals surface area contributed by atoms with E-state index in [-0.39, 0.29) is 17.8 Å². The van der Waals surface area contributed by atoms with Gasteiger partial charge in [-0.05, 0) is 40.9 Å². The van der Waals surface area contributed by atoms with Gasteiger partial charge in [-0.25, -0.2) is 4.39 Å². The molecule has 0 fully saturated rings. The van der Waals surface area contributed by atoms with Crippen molar-refractivity contribution in [1.29, 1.82) is 0 Å². The first kappa shape index (κ1) is 15.0. The summed E-state index contributed by atoms with van der Waals surface area (Å²) < 4.78 is 20.4. The number of ether oxygens (including phenoxy) is 1. The highest BCUT2D eigenvalue weighted by atomic mass is 79.9. The van der Waals surface area contributed by atoms with E-state index in [1.54, 1.807) is 0 Å². The van der Waals surface area contributed by atoms with Crippen molar-refractivity contribution in [3.05, 3.63) is 63.4 Å². The van der Waals surface area contributed by atoms with Crippen molar-refractivity contribution in [3.63, 3.8) is 0 Å². The highest BCUT2D eigenvalue weighted by Gasteiger charge is 2.29. The molecule has 1 heterocycles. The van der Waals surface area contributed by atoms with Gasteiger partial charge in [0, 0.05) is 11.6 Å². The molecule has 3 nitrogen and oxygen atoms in total. The fourth-order valence-electron chi connectivity index (χ4n) is 2.60. The molecule has 22 heavy (non-hydrogen) atoms. The van der Waals surface area contributed by atoms with Gasteiger partial charge in [-0.15, -0.1) is 0 Å². The molecule has 1 aliphatic rings. The molecule has 0 spiro atoms. The summed E-state index contributed by atoms with van der Waals surface area (Å²) in [6, 6.07) is 11.1. The highest BCUT2D eigenvalue weighted by molar-refractivity contribution is 9.10. The fraction of sp³-hybridized carbons (Fsp3) is 0.235. The van der Waals surface area contributed by atoms with Crippen molar-refractivity contribution < 1.29 is 13.9 Å². The first-order valence-electron chi connectivity index (χ1n) is 7.04. The third-order valence-electron chi connectivity index (χ3n) is 3.63. The minimum Gasteiger partial charge on any atom is -0.488 e. The van der Waals surface area contributed by atoms with Crippen molar-refractivity contribution in [2.45, 2.75) is 26.0 Å². The molecule has 1 atom stereocenters. The molecule has 114 valence electrons. The average molecular weight is 364 g/mol. The zero-order valence-corrected chi connectivity index (χ0v) is 13.6. The van der Waals surface area contributed by atoms with E-state index in [1.165, 1.54) is 6.07 Å². The summed E-state index contributed by atoms with van der Waals surface area (Å²) >= 11 is 3.20. The molecular weight excluding hydrogens is 349 g/mol. The van der Waals surface area contributed by atoms with Gasteiger partial charge >= 0.3 is 0 Å². The summed E-state index contributed by atoms with van der Waals surface area (Å²) in [5.41, 5.74) is 1.70. The Balaban J connectivity index is 1.96. The number of amides is 1. The van der Waals surface area contributed by atoms with Crippen LogP contribution in [0.3, 0.4) is 0 Å². The van der Waals surface area contributed by atoms with Crippen LogP contribution in [-0.2, 0) is 13.0 Å². The summed E-state index contributed by atoms with van der Waals surface area (Å²) in [4.78, 5) is 12.2. The molecule has 5 heteroatoms. The summed E-state index contributed by atoms with van der Waals surface area (Å²) in [6.07, 6.45) is 0.452. The Bertz CT molecular complexity index is 718. The zero-order chi connectivity index (χ0) is 15.7. The monoisotopic (exact) mass is 363 g/mol. The van der Waals surface area contributed by atoms with E-state index in [9.17, 15) is 9.18 Å². The maximum atomic E-state index is 14.3. The predicted octanol–water partition coefficient (Wildman–Crippen LogP) is 3.84. The van der Waals surface area contributed by atoms with Crippen molar-refractivity contribution >= 4 is 21.8 Å². The third kappa shape index (κ3) is 2.86. The number of carbonyl (C=O) groups excluding carboxylic acids is 1. The van der Waals surface area contributed by atoms with Gasteiger partial charge in [-0.3, -0.25) is 4.79 Å². The number of fused-ring (bicyclic) bond motifs is 1. The standard InChI is InChI=1S/C17H15BrFNO2/c1-10-7-12-15(17(21)20-10)14(8-13(18)16(12)19)22-9-11-5-3-2-4-6-11/h2-6,8,10H,7,9H2,1H3,(H,20,21)/t10-/m1/s1. The third-order valence-corrected chi connectivity index (χ3v) is 4.21. The lowest BCUT2D eigenvalue weighted by Crippen LogP contribution is -2.40. The van der Waals surface area contributed by atoms with Crippen LogP contribution in [-0.4, -0.2) is 11.9 Å². The average Bonchev–Trinajstić information content (AvgIpc) is 2.50. The van der Waals surface area contributed by atoms with Crippen LogP contribution >= 0.6 is 15.9 Å². The second-order valence-electron chi connectivity index (χ2n) is 5.38. The normalized spacial score (nSPS) is 16.9. The molecule has 0 radical (unpaired) electrons. The number of nitrogens with one attached hydrogen (secondary N) is 1. The van der Waals surface area contributed by atoms with Crippen LogP contribution in [0.15, 0.2) is 40.9 Å². The van der Waals surface area contributed by atoms with Crippen molar-refractivity contribution in [3.8, 4) is 5.75 Å². The molecule has 0 saturated carbocycles. The molecule has 2 aromatic carbocycles. The molecule has 0 aliphatic carbocycles. The van der Waals surface area contributed by atoms with Gasteiger partial charge in [0.25, 0.3) is 5.91 Å². The van der Waals surface area contributed by atoms with E-state index in [1.807, 2.05) is 37.3 Å². The minimum absolute atomic E-state index is 0.0919. The molecule has 0 aromatic heterocycles. The number of carbonyl (C=O) groups is 1. The quantitative estimate of drug-likeness (QED) is 0.899. The molecule has 0 unspecified atom stereocenters. The second-order valence-corrected chi connectivity index (χ2v) is 6.23. The Labute approximate surface area is 136 Å². The van der Waals surface area contributed by atoms with Crippen molar-refractivity contribution in [1.82, 2.24) is 5.32 Å². The molecule has 1 aliphatic heterocycles. The maximum absolute atomic E-state index is 14.3. The number of hydrogen-bond acceptors (Lipinski definition) is 2. The van der Waals surface area contributed by atoms with Gasteiger partial charge in [-0.1, -0.05) is 30.3 Å². The highest BCUT2D eigenvalue weighted by Crippen LogP contribution is 2.34. The van der Waals surface area contributed by atoms with Crippen molar-refractivity contribution in [2.24, 2.45) is 0 Å². The lowest BCUT2D eigenvalue weighted by atomic mass is 9.94. The molecule has 1 amide bonds. The van der Waals surface area contributed by atoms with Gasteiger partial charge in [0.2, 0.25) is 0 Å². The Morgan fingerprint density at radius 3 is 2.82 bits per heavy atom. The molecule has 0 saturated heterocycles. The molecule has 3 rings (SSSR count). The molecule has 0 bridgehead atoms. The van der Waals surface area contributed by atoms with Gasteiger partial charge in [-0.2, -0.15) is 0 Å². The Morgan fingerprint density at radius 1 is 1.36 bits per heavy atom. The lowest BCUT2D eigenvalue weighted by Gasteiger charge is -2.25. The summed E-state index contributed by atoms with van der Waals surface area (Å²) in [6.45, 7) is 2.18. The molecular formula is C17H15BrFNO2. The number of benzene rings is 2. The van der Waals surface area contributed by atoms with Gasteiger partial charge in [0.15, 0.2) is 0 Å². The van der Waals surface area contributed by atoms with E-state index >= 15 is 0 Å². The SMILES string of the molecule is C[C@@H]1Cc2c(F)c(Br)cc(OCc3ccccc3)c2C(=O)N1. The van der Waals surface area contributed by atoms with Gasteiger partial charge < -0.3 is 10.1 Å². The second kappa shape index (κ2) is 6.08. The van der Waals surface area contributed by atoms with Crippen LogP contribution in [0.5, 0.6) is 5.75 Å². The first-order chi connectivity index (χ1) is 10.6. The largest absolute Gasteiger partial charge is 0.488 e. The number of halogens is 2. The van der Waals surface area contributed by atoms with Crippen LogP contribution in [0.1, 0.15) is 28.4 Å². The van der Waals surface area contributed by atoms with E-state index in [0.717, 1.165) is 5.56 Å². The van der Waals surface area contributed by atoms with Crippen LogP contribution in [0.4, 0.5) is 4.39 Å². The topological polar surface area (TPSA) is 38.3 Å². The van der Waals surface area contributed by atoms with E-state index in [4.69, 9.17) is 4.74 Å². The molecule has 1 N–H and O–H groups in total. The van der Waals surface area contributed by atoms with Crippen LogP contribution in [0.2, 0.25) is 0 Å². The number of hydrogen-bond donors (Lipinski definition) is 1. The van der Waals surface area contributed by atoms with Crippen LogP contribution in [0.25, 0.3) is 0 Å². The Morgan fingerprint density at radius 2 is 2.09 bits per heavy atom. The minimum atomic E-state index is -0.385. The van der Waals surface area contributed by atoms with Crippen molar-refractivity contribution in [2.75, 3.05) is 0 Å². The summed E-state index contributed by atoms with van der Waals surface area (Å²) in [7, 11) is 0. The smallest absolute Gasteiger partial charge is 0.255 e. The summed E-state index contributed by atoms with van der Waals surface area (Å²) in [5, 5.41) is 2.82. The van der Waals surface area contributed by atoms with Gasteiger partial charge in [0.1, 0.15) is 18.2 Å². The Kier molecular flexibility index (Phi) is 4.16. The van der Waals surface area contributed by atoms with Crippen LogP contribution in [0, 0.1) is 5.82 Å².